The molecule has 1 aliphatic rings. The Morgan fingerprint density at radius 3 is 2.54 bits per heavy atom. The summed E-state index contributed by atoms with van der Waals surface area (Å²) < 4.78 is 0. The molecule has 1 aliphatic heterocycles. The van der Waals surface area contributed by atoms with Crippen LogP contribution >= 0.6 is 0 Å². The molecule has 0 radical (unpaired) electrons. The van der Waals surface area contributed by atoms with Gasteiger partial charge in [-0.15, -0.1) is 0 Å². The Morgan fingerprint density at radius 1 is 1.38 bits per heavy atom. The van der Waals surface area contributed by atoms with Gasteiger partial charge in [0.25, 0.3) is 0 Å². The van der Waals surface area contributed by atoms with E-state index in [0.29, 0.717) is 5.54 Å². The van der Waals surface area contributed by atoms with Gasteiger partial charge in [-0.2, -0.15) is 0 Å². The van der Waals surface area contributed by atoms with E-state index in [1.165, 1.54) is 26.1 Å². The summed E-state index contributed by atoms with van der Waals surface area (Å²) in [6.45, 7) is 14.0. The maximum absolute atomic E-state index is 3.44. The van der Waals surface area contributed by atoms with Crippen LogP contribution < -0.4 is 5.32 Å². The fourth-order valence-electron chi connectivity index (χ4n) is 1.96. The molecule has 0 aliphatic carbocycles. The molecule has 1 heterocycles. The van der Waals surface area contributed by atoms with Crippen LogP contribution in [0.25, 0.3) is 0 Å². The van der Waals surface area contributed by atoms with Crippen LogP contribution in [-0.2, 0) is 0 Å². The van der Waals surface area contributed by atoms with Crippen molar-refractivity contribution < 1.29 is 0 Å². The van der Waals surface area contributed by atoms with E-state index in [1.54, 1.807) is 0 Å². The minimum Gasteiger partial charge on any atom is -0.317 e. The molecule has 0 aromatic rings. The number of hydrogen-bond donors (Lipinski definition) is 1. The van der Waals surface area contributed by atoms with Crippen LogP contribution in [-0.4, -0.2) is 36.6 Å². The normalized spacial score (nSPS) is 25.4. The van der Waals surface area contributed by atoms with E-state index in [9.17, 15) is 0 Å². The third kappa shape index (κ3) is 3.28. The van der Waals surface area contributed by atoms with Crippen molar-refractivity contribution in [2.45, 2.75) is 39.7 Å². The molecule has 1 unspecified atom stereocenters. The Bertz CT molecular complexity index is 149. The first-order valence-electron chi connectivity index (χ1n) is 5.50. The monoisotopic (exact) mass is 184 g/mol. The second-order valence-corrected chi connectivity index (χ2v) is 5.08. The lowest BCUT2D eigenvalue weighted by Crippen LogP contribution is -2.40. The molecule has 1 saturated heterocycles. The summed E-state index contributed by atoms with van der Waals surface area (Å²) in [6.07, 6.45) is 1.37. The maximum Gasteiger partial charge on any atom is 0.0125 e. The average molecular weight is 184 g/mol. The van der Waals surface area contributed by atoms with Gasteiger partial charge in [0, 0.05) is 12.1 Å². The van der Waals surface area contributed by atoms with E-state index >= 15 is 0 Å². The molecule has 2 heteroatoms. The minimum atomic E-state index is 0.362. The molecule has 1 rings (SSSR count). The van der Waals surface area contributed by atoms with Crippen molar-refractivity contribution in [3.63, 3.8) is 0 Å². The topological polar surface area (TPSA) is 15.3 Å². The summed E-state index contributed by atoms with van der Waals surface area (Å²) >= 11 is 0. The van der Waals surface area contributed by atoms with Crippen LogP contribution in [0.5, 0.6) is 0 Å². The maximum atomic E-state index is 3.44. The van der Waals surface area contributed by atoms with Gasteiger partial charge in [-0.25, -0.2) is 0 Å². The number of rotatable bonds is 3. The van der Waals surface area contributed by atoms with Gasteiger partial charge >= 0.3 is 0 Å². The molecule has 0 spiro atoms. The number of nitrogens with one attached hydrogen (secondary N) is 1. The third-order valence-corrected chi connectivity index (χ3v) is 2.92. The van der Waals surface area contributed by atoms with Gasteiger partial charge in [-0.1, -0.05) is 6.92 Å². The fraction of sp³-hybridized carbons (Fsp3) is 1.00. The quantitative estimate of drug-likeness (QED) is 0.718. The first kappa shape index (κ1) is 11.0. The number of nitrogens with zero attached hydrogens (tertiary/aromatic N) is 1. The van der Waals surface area contributed by atoms with E-state index in [2.05, 4.69) is 37.9 Å². The van der Waals surface area contributed by atoms with Crippen molar-refractivity contribution in [3.05, 3.63) is 0 Å². The predicted octanol–water partition coefficient (Wildman–Crippen LogP) is 1.72. The highest BCUT2D eigenvalue weighted by Gasteiger charge is 2.29. The molecule has 0 saturated carbocycles. The Labute approximate surface area is 82.7 Å². The van der Waals surface area contributed by atoms with Gasteiger partial charge in [0.2, 0.25) is 0 Å². The van der Waals surface area contributed by atoms with E-state index < -0.39 is 0 Å². The van der Waals surface area contributed by atoms with E-state index in [1.807, 2.05) is 0 Å². The third-order valence-electron chi connectivity index (χ3n) is 2.92. The Morgan fingerprint density at radius 2 is 2.08 bits per heavy atom. The molecule has 13 heavy (non-hydrogen) atoms. The first-order chi connectivity index (χ1) is 6.04. The molecule has 0 amide bonds. The van der Waals surface area contributed by atoms with Crippen LogP contribution in [0, 0.1) is 5.92 Å². The van der Waals surface area contributed by atoms with Gasteiger partial charge in [-0.05, 0) is 52.7 Å². The zero-order valence-electron chi connectivity index (χ0n) is 9.56. The summed E-state index contributed by atoms with van der Waals surface area (Å²) in [5.74, 6) is 0.874. The first-order valence-corrected chi connectivity index (χ1v) is 5.50. The van der Waals surface area contributed by atoms with Gasteiger partial charge in [-0.3, -0.25) is 4.90 Å². The highest BCUT2D eigenvalue weighted by Crippen LogP contribution is 2.23. The van der Waals surface area contributed by atoms with Crippen LogP contribution in [0.4, 0.5) is 0 Å². The highest BCUT2D eigenvalue weighted by molar-refractivity contribution is 4.85. The molecule has 78 valence electrons. The van der Waals surface area contributed by atoms with Gasteiger partial charge in [0.15, 0.2) is 0 Å². The molecular formula is C11H24N2. The lowest BCUT2D eigenvalue weighted by atomic mass is 10.1. The number of likely N-dealkylation sites (tertiary alicyclic amines) is 1. The lowest BCUT2D eigenvalue weighted by molar-refractivity contribution is 0.168. The van der Waals surface area contributed by atoms with Crippen LogP contribution in [0.15, 0.2) is 0 Å². The summed E-state index contributed by atoms with van der Waals surface area (Å²) in [6, 6.07) is 0. The second-order valence-electron chi connectivity index (χ2n) is 5.08. The molecule has 2 nitrogen and oxygen atoms in total. The van der Waals surface area contributed by atoms with Crippen molar-refractivity contribution in [3.8, 4) is 0 Å². The number of hydrogen-bond acceptors (Lipinski definition) is 2. The minimum absolute atomic E-state index is 0.362. The fourth-order valence-corrected chi connectivity index (χ4v) is 1.96. The highest BCUT2D eigenvalue weighted by atomic mass is 15.2. The van der Waals surface area contributed by atoms with Crippen LogP contribution in [0.3, 0.4) is 0 Å². The zero-order valence-corrected chi connectivity index (χ0v) is 9.56. The van der Waals surface area contributed by atoms with Gasteiger partial charge in [0.05, 0.1) is 0 Å². The van der Waals surface area contributed by atoms with E-state index in [-0.39, 0.29) is 0 Å². The van der Waals surface area contributed by atoms with Crippen molar-refractivity contribution in [1.82, 2.24) is 10.2 Å². The standard InChI is InChI=1S/C11H24N2/c1-5-12-8-10-6-7-13(9-10)11(2,3)4/h10,12H,5-9H2,1-4H3. The molecule has 1 N–H and O–H groups in total. The molecular weight excluding hydrogens is 160 g/mol. The summed E-state index contributed by atoms with van der Waals surface area (Å²) in [5, 5.41) is 3.44. The zero-order chi connectivity index (χ0) is 9.90. The van der Waals surface area contributed by atoms with Crippen molar-refractivity contribution in [2.75, 3.05) is 26.2 Å². The predicted molar refractivity (Wildman–Crippen MR) is 58.0 cm³/mol. The Balaban J connectivity index is 2.28. The largest absolute Gasteiger partial charge is 0.317 e. The van der Waals surface area contributed by atoms with Crippen LogP contribution in [0.2, 0.25) is 0 Å². The summed E-state index contributed by atoms with van der Waals surface area (Å²) in [7, 11) is 0. The van der Waals surface area contributed by atoms with Gasteiger partial charge < -0.3 is 5.32 Å². The lowest BCUT2D eigenvalue weighted by Gasteiger charge is -2.31. The van der Waals surface area contributed by atoms with Crippen LogP contribution in [0.1, 0.15) is 34.1 Å². The SMILES string of the molecule is CCNCC1CCN(C(C)(C)C)C1. The van der Waals surface area contributed by atoms with Crippen molar-refractivity contribution in [1.29, 1.82) is 0 Å². The van der Waals surface area contributed by atoms with Crippen molar-refractivity contribution >= 4 is 0 Å². The molecule has 1 fully saturated rings. The summed E-state index contributed by atoms with van der Waals surface area (Å²) in [4.78, 5) is 2.59. The molecule has 0 bridgehead atoms. The Kier molecular flexibility index (Phi) is 3.74. The van der Waals surface area contributed by atoms with E-state index in [4.69, 9.17) is 0 Å². The van der Waals surface area contributed by atoms with E-state index in [0.717, 1.165) is 12.5 Å². The average Bonchev–Trinajstić information content (AvgIpc) is 2.47. The molecule has 0 aromatic carbocycles. The smallest absolute Gasteiger partial charge is 0.0125 e. The second kappa shape index (κ2) is 4.43. The molecule has 0 aromatic heterocycles. The Hall–Kier alpha value is -0.0800. The van der Waals surface area contributed by atoms with Crippen molar-refractivity contribution in [2.24, 2.45) is 5.92 Å². The molecule has 1 atom stereocenters. The van der Waals surface area contributed by atoms with Gasteiger partial charge in [0.1, 0.15) is 0 Å². The summed E-state index contributed by atoms with van der Waals surface area (Å²) in [5.41, 5.74) is 0.362.